The largest absolute Gasteiger partial charge is 0.494 e. The van der Waals surface area contributed by atoms with Crippen molar-refractivity contribution in [2.75, 3.05) is 13.7 Å². The summed E-state index contributed by atoms with van der Waals surface area (Å²) in [6.45, 7) is 3.13. The molecule has 4 aliphatic carbocycles. The molecule has 1 saturated heterocycles. The van der Waals surface area contributed by atoms with E-state index in [4.69, 9.17) is 20.4 Å². The molecule has 4 aromatic rings. The number of hydrogen-bond acceptors (Lipinski definition) is 6. The molecule has 5 fully saturated rings. The first kappa shape index (κ1) is 30.0. The molecule has 0 unspecified atom stereocenters. The number of nitrogens with two attached hydrogens (primary N) is 1. The summed E-state index contributed by atoms with van der Waals surface area (Å²) in [6.07, 6.45) is 6.97. The predicted molar refractivity (Wildman–Crippen MR) is 176 cm³/mol. The van der Waals surface area contributed by atoms with Gasteiger partial charge in [-0.15, -0.1) is 0 Å². The molecule has 4 heterocycles. The molecule has 5 atom stereocenters. The van der Waals surface area contributed by atoms with E-state index in [1.807, 2.05) is 29.2 Å². The average molecular weight is 658 g/mol. The van der Waals surface area contributed by atoms with Crippen molar-refractivity contribution in [2.45, 2.75) is 94.9 Å². The van der Waals surface area contributed by atoms with Crippen molar-refractivity contribution in [1.82, 2.24) is 29.3 Å². The van der Waals surface area contributed by atoms with Gasteiger partial charge in [-0.05, 0) is 94.0 Å². The number of carbonyl (C=O) groups is 2. The van der Waals surface area contributed by atoms with E-state index in [9.17, 15) is 18.4 Å². The number of halogens is 2. The van der Waals surface area contributed by atoms with Crippen molar-refractivity contribution in [3.05, 3.63) is 41.6 Å². The zero-order valence-corrected chi connectivity index (χ0v) is 27.3. The van der Waals surface area contributed by atoms with Gasteiger partial charge in [0, 0.05) is 48.6 Å². The van der Waals surface area contributed by atoms with Crippen LogP contribution in [-0.2, 0) is 11.3 Å². The highest BCUT2D eigenvalue weighted by atomic mass is 19.3. The van der Waals surface area contributed by atoms with Gasteiger partial charge in [0.2, 0.25) is 5.91 Å². The van der Waals surface area contributed by atoms with E-state index in [-0.39, 0.29) is 24.0 Å². The number of nitrogens with zero attached hydrogens (tertiary/aromatic N) is 5. The highest BCUT2D eigenvalue weighted by Gasteiger charge is 2.61. The number of rotatable bonds is 9. The summed E-state index contributed by atoms with van der Waals surface area (Å²) < 4.78 is 37.6. The quantitative estimate of drug-likeness (QED) is 0.242. The van der Waals surface area contributed by atoms with Crippen molar-refractivity contribution < 1.29 is 23.1 Å². The van der Waals surface area contributed by atoms with E-state index in [1.54, 1.807) is 14.0 Å². The lowest BCUT2D eigenvalue weighted by Gasteiger charge is -2.37. The number of imidazole rings is 1. The predicted octanol–water partition coefficient (Wildman–Crippen LogP) is 5.59. The van der Waals surface area contributed by atoms with Gasteiger partial charge in [-0.2, -0.15) is 0 Å². The maximum Gasteiger partial charge on any atom is 0.260 e. The van der Waals surface area contributed by atoms with Crippen molar-refractivity contribution in [2.24, 2.45) is 23.5 Å². The standard InChI is InChI=1S/C36H41F2N7O3/c1-18(40-34(46)25-15-36(25,37)38)27-10-6-21-13-29(44(32(21)41-27)16-19-3-4-19)33-42-28-12-22(14-30(48-2)31(28)45(33)23-8-9-23)35(47)43-17-26(39)20-5-7-24(43)11-20/h6,10,12-14,18-20,23-26H,3-5,7-9,11,15-17,39H2,1-2H3,(H,40,46)/t18-,20-,24+,25-,26+/m1/s1. The van der Waals surface area contributed by atoms with Crippen LogP contribution in [0, 0.1) is 17.8 Å². The fraction of sp³-hybridized carbons (Fsp3) is 0.556. The average Bonchev–Trinajstić information content (AvgIpc) is 4.03. The molecule has 48 heavy (non-hydrogen) atoms. The molecule has 3 N–H and O–H groups in total. The second kappa shape index (κ2) is 10.7. The molecule has 4 saturated carbocycles. The van der Waals surface area contributed by atoms with Gasteiger partial charge in [0.1, 0.15) is 22.8 Å². The Balaban J connectivity index is 1.12. The first-order valence-corrected chi connectivity index (χ1v) is 17.4. The number of piperidine rings is 1. The third-order valence-electron chi connectivity index (χ3n) is 11.4. The second-order valence-electron chi connectivity index (χ2n) is 14.9. The highest BCUT2D eigenvalue weighted by molar-refractivity contribution is 6.00. The van der Waals surface area contributed by atoms with E-state index in [1.165, 1.54) is 0 Å². The molecular formula is C36H41F2N7O3. The topological polar surface area (TPSA) is 120 Å². The molecule has 3 aromatic heterocycles. The Kier molecular flexibility index (Phi) is 6.71. The minimum atomic E-state index is -2.92. The fourth-order valence-corrected chi connectivity index (χ4v) is 8.14. The monoisotopic (exact) mass is 657 g/mol. The van der Waals surface area contributed by atoms with Crippen LogP contribution < -0.4 is 15.8 Å². The lowest BCUT2D eigenvalue weighted by atomic mass is 9.94. The van der Waals surface area contributed by atoms with Gasteiger partial charge in [-0.25, -0.2) is 18.7 Å². The van der Waals surface area contributed by atoms with Crippen LogP contribution >= 0.6 is 0 Å². The Morgan fingerprint density at radius 1 is 1.08 bits per heavy atom. The van der Waals surface area contributed by atoms with Crippen molar-refractivity contribution in [3.8, 4) is 17.3 Å². The Morgan fingerprint density at radius 3 is 2.56 bits per heavy atom. The molecule has 12 heteroatoms. The summed E-state index contributed by atoms with van der Waals surface area (Å²) in [6, 6.07) is 9.70. The summed E-state index contributed by atoms with van der Waals surface area (Å²) >= 11 is 0. The number of amides is 2. The van der Waals surface area contributed by atoms with Crippen LogP contribution in [-0.4, -0.2) is 67.5 Å². The third kappa shape index (κ3) is 4.97. The lowest BCUT2D eigenvalue weighted by molar-refractivity contribution is -0.125. The van der Waals surface area contributed by atoms with Crippen LogP contribution in [0.3, 0.4) is 0 Å². The van der Waals surface area contributed by atoms with Crippen molar-refractivity contribution in [1.29, 1.82) is 0 Å². The fourth-order valence-electron chi connectivity index (χ4n) is 8.14. The molecule has 2 amide bonds. The Labute approximate surface area is 277 Å². The summed E-state index contributed by atoms with van der Waals surface area (Å²) in [7, 11) is 1.64. The maximum atomic E-state index is 14.0. The summed E-state index contributed by atoms with van der Waals surface area (Å²) in [5.41, 5.74) is 11.0. The Morgan fingerprint density at radius 2 is 1.85 bits per heavy atom. The molecule has 0 spiro atoms. The first-order valence-electron chi connectivity index (χ1n) is 17.4. The molecule has 1 aromatic carbocycles. The molecule has 10 nitrogen and oxygen atoms in total. The number of fused-ring (bicyclic) bond motifs is 4. The van der Waals surface area contributed by atoms with Crippen LogP contribution in [0.2, 0.25) is 0 Å². The molecule has 1 aliphatic heterocycles. The van der Waals surface area contributed by atoms with Gasteiger partial charge in [-0.3, -0.25) is 9.59 Å². The normalized spacial score (nSPS) is 26.6. The van der Waals surface area contributed by atoms with Crippen LogP contribution in [0.15, 0.2) is 30.3 Å². The van der Waals surface area contributed by atoms with E-state index in [0.717, 1.165) is 85.1 Å². The van der Waals surface area contributed by atoms with Gasteiger partial charge in [0.15, 0.2) is 5.82 Å². The smallest absolute Gasteiger partial charge is 0.260 e. The number of hydrogen-bond donors (Lipinski definition) is 2. The summed E-state index contributed by atoms with van der Waals surface area (Å²) in [4.78, 5) is 38.6. The van der Waals surface area contributed by atoms with Gasteiger partial charge < -0.3 is 29.8 Å². The summed E-state index contributed by atoms with van der Waals surface area (Å²) in [5.74, 6) is -2.37. The molecule has 252 valence electrons. The molecule has 5 aliphatic rings. The number of alkyl halides is 2. The van der Waals surface area contributed by atoms with Gasteiger partial charge in [0.25, 0.3) is 11.8 Å². The maximum absolute atomic E-state index is 14.0. The Hall–Kier alpha value is -4.06. The van der Waals surface area contributed by atoms with Crippen LogP contribution in [0.4, 0.5) is 8.78 Å². The number of ether oxygens (including phenoxy) is 1. The molecular weight excluding hydrogens is 616 g/mol. The van der Waals surface area contributed by atoms with E-state index < -0.39 is 30.2 Å². The first-order chi connectivity index (χ1) is 23.1. The van der Waals surface area contributed by atoms with E-state index in [0.29, 0.717) is 35.4 Å². The van der Waals surface area contributed by atoms with E-state index >= 15 is 0 Å². The minimum Gasteiger partial charge on any atom is -0.494 e. The van der Waals surface area contributed by atoms with Gasteiger partial charge in [0.05, 0.1) is 30.1 Å². The SMILES string of the molecule is COc1cc(C(=O)N2C[C@H](N)[C@@H]3CC[C@H]2C3)cc2nc(-c3cc4ccc([C@@H](C)NC(=O)[C@H]5CC5(F)F)nc4n3CC3CC3)n(C3CC3)c12. The Bertz CT molecular complexity index is 1980. The van der Waals surface area contributed by atoms with Crippen LogP contribution in [0.5, 0.6) is 5.75 Å². The van der Waals surface area contributed by atoms with Gasteiger partial charge >= 0.3 is 0 Å². The molecule has 0 radical (unpaired) electrons. The highest BCUT2D eigenvalue weighted by Crippen LogP contribution is 2.49. The number of nitrogens with one attached hydrogen (secondary N) is 1. The number of benzene rings is 1. The molecule has 9 rings (SSSR count). The zero-order chi connectivity index (χ0) is 33.1. The van der Waals surface area contributed by atoms with Crippen LogP contribution in [0.25, 0.3) is 33.6 Å². The molecule has 2 bridgehead atoms. The number of methoxy groups -OCH3 is 1. The summed E-state index contributed by atoms with van der Waals surface area (Å²) in [5, 5.41) is 3.68. The number of aromatic nitrogens is 4. The number of likely N-dealkylation sites (tertiary alicyclic amines) is 1. The third-order valence-corrected chi connectivity index (χ3v) is 11.4. The van der Waals surface area contributed by atoms with Crippen molar-refractivity contribution >= 4 is 33.9 Å². The second-order valence-corrected chi connectivity index (χ2v) is 14.9. The minimum absolute atomic E-state index is 0.00344. The van der Waals surface area contributed by atoms with Crippen molar-refractivity contribution in [3.63, 3.8) is 0 Å². The van der Waals surface area contributed by atoms with Gasteiger partial charge in [-0.1, -0.05) is 0 Å². The number of pyridine rings is 1. The number of carbonyl (C=O) groups excluding carboxylic acids is 2. The van der Waals surface area contributed by atoms with Crippen LogP contribution in [0.1, 0.15) is 86.4 Å². The van der Waals surface area contributed by atoms with E-state index in [2.05, 4.69) is 20.5 Å². The zero-order valence-electron chi connectivity index (χ0n) is 27.3. The lowest BCUT2D eigenvalue weighted by Crippen LogP contribution is -2.51.